The van der Waals surface area contributed by atoms with E-state index in [9.17, 15) is 4.79 Å². The smallest absolute Gasteiger partial charge is 0.251 e. The second-order valence-electron chi connectivity index (χ2n) is 5.19. The van der Waals surface area contributed by atoms with Gasteiger partial charge < -0.3 is 11.1 Å². The SMILES string of the molecule is CCCCC(CCC)NC(=O)c1cccc(C#CCN)c1. The van der Waals surface area contributed by atoms with Gasteiger partial charge in [0.2, 0.25) is 0 Å². The topological polar surface area (TPSA) is 55.1 Å². The molecule has 0 bridgehead atoms. The summed E-state index contributed by atoms with van der Waals surface area (Å²) in [6.45, 7) is 4.64. The van der Waals surface area contributed by atoms with Crippen LogP contribution in [0.25, 0.3) is 0 Å². The lowest BCUT2D eigenvalue weighted by Crippen LogP contribution is -2.34. The maximum Gasteiger partial charge on any atom is 0.251 e. The molecule has 0 aromatic heterocycles. The van der Waals surface area contributed by atoms with Crippen molar-refractivity contribution in [1.82, 2.24) is 5.32 Å². The Balaban J connectivity index is 2.72. The fraction of sp³-hybridized carbons (Fsp3) is 0.500. The van der Waals surface area contributed by atoms with Crippen molar-refractivity contribution in [1.29, 1.82) is 0 Å². The van der Waals surface area contributed by atoms with E-state index in [0.29, 0.717) is 12.1 Å². The molecule has 1 rings (SSSR count). The van der Waals surface area contributed by atoms with Crippen LogP contribution in [-0.4, -0.2) is 18.5 Å². The monoisotopic (exact) mass is 286 g/mol. The van der Waals surface area contributed by atoms with Gasteiger partial charge in [-0.25, -0.2) is 0 Å². The number of benzene rings is 1. The van der Waals surface area contributed by atoms with Crippen molar-refractivity contribution in [3.8, 4) is 11.8 Å². The van der Waals surface area contributed by atoms with Crippen molar-refractivity contribution in [2.75, 3.05) is 6.54 Å². The van der Waals surface area contributed by atoms with E-state index in [1.807, 2.05) is 24.3 Å². The second kappa shape index (κ2) is 10.0. The third kappa shape index (κ3) is 6.46. The van der Waals surface area contributed by atoms with Crippen LogP contribution in [-0.2, 0) is 0 Å². The van der Waals surface area contributed by atoms with Crippen LogP contribution in [0.4, 0.5) is 0 Å². The van der Waals surface area contributed by atoms with E-state index in [4.69, 9.17) is 5.73 Å². The zero-order valence-corrected chi connectivity index (χ0v) is 13.1. The molecule has 3 nitrogen and oxygen atoms in total. The summed E-state index contributed by atoms with van der Waals surface area (Å²) in [6.07, 6.45) is 5.45. The maximum atomic E-state index is 12.3. The minimum absolute atomic E-state index is 0.0130. The van der Waals surface area contributed by atoms with E-state index in [0.717, 1.165) is 37.7 Å². The summed E-state index contributed by atoms with van der Waals surface area (Å²) in [7, 11) is 0. The summed E-state index contributed by atoms with van der Waals surface area (Å²) in [5.74, 6) is 5.75. The Bertz CT molecular complexity index is 499. The highest BCUT2D eigenvalue weighted by Gasteiger charge is 2.12. The van der Waals surface area contributed by atoms with E-state index in [1.165, 1.54) is 0 Å². The van der Waals surface area contributed by atoms with Gasteiger partial charge in [0.05, 0.1) is 6.54 Å². The molecule has 1 amide bonds. The van der Waals surface area contributed by atoms with Gasteiger partial charge in [-0.05, 0) is 31.0 Å². The van der Waals surface area contributed by atoms with Crippen LogP contribution in [0.3, 0.4) is 0 Å². The highest BCUT2D eigenvalue weighted by molar-refractivity contribution is 5.94. The summed E-state index contributed by atoms with van der Waals surface area (Å²) in [4.78, 5) is 12.3. The standard InChI is InChI=1S/C18H26N2O/c1-3-5-12-17(8-4-2)20-18(21)16-11-6-9-15(14-16)10-7-13-19/h6,9,11,14,17H,3-5,8,12-13,19H2,1-2H3,(H,20,21). The summed E-state index contributed by atoms with van der Waals surface area (Å²) >= 11 is 0. The minimum atomic E-state index is -0.0130. The van der Waals surface area contributed by atoms with Gasteiger partial charge >= 0.3 is 0 Å². The van der Waals surface area contributed by atoms with E-state index < -0.39 is 0 Å². The molecule has 0 aliphatic rings. The third-order valence-electron chi connectivity index (χ3n) is 3.34. The molecule has 0 heterocycles. The van der Waals surface area contributed by atoms with Crippen LogP contribution in [0.15, 0.2) is 24.3 Å². The van der Waals surface area contributed by atoms with Crippen LogP contribution >= 0.6 is 0 Å². The molecule has 0 saturated carbocycles. The highest BCUT2D eigenvalue weighted by Crippen LogP contribution is 2.09. The predicted molar refractivity (Wildman–Crippen MR) is 88.1 cm³/mol. The first-order valence-electron chi connectivity index (χ1n) is 7.81. The van der Waals surface area contributed by atoms with Crippen molar-refractivity contribution >= 4 is 5.91 Å². The van der Waals surface area contributed by atoms with Crippen LogP contribution in [0.5, 0.6) is 0 Å². The molecule has 114 valence electrons. The molecule has 1 unspecified atom stereocenters. The molecule has 0 aliphatic heterocycles. The number of carbonyl (C=O) groups is 1. The van der Waals surface area contributed by atoms with Gasteiger partial charge in [-0.3, -0.25) is 4.79 Å². The number of nitrogens with two attached hydrogens (primary N) is 1. The number of nitrogens with one attached hydrogen (secondary N) is 1. The Hall–Kier alpha value is -1.79. The quantitative estimate of drug-likeness (QED) is 0.757. The van der Waals surface area contributed by atoms with Gasteiger partial charge in [0.1, 0.15) is 0 Å². The molecule has 0 spiro atoms. The predicted octanol–water partition coefficient (Wildman–Crippen LogP) is 3.09. The molecular weight excluding hydrogens is 260 g/mol. The molecule has 0 radical (unpaired) electrons. The third-order valence-corrected chi connectivity index (χ3v) is 3.34. The molecule has 0 saturated heterocycles. The van der Waals surface area contributed by atoms with Crippen LogP contribution in [0, 0.1) is 11.8 Å². The molecular formula is C18H26N2O. The molecule has 0 fully saturated rings. The lowest BCUT2D eigenvalue weighted by Gasteiger charge is -2.18. The lowest BCUT2D eigenvalue weighted by atomic mass is 10.0. The zero-order chi connectivity index (χ0) is 15.5. The van der Waals surface area contributed by atoms with Crippen molar-refractivity contribution in [3.63, 3.8) is 0 Å². The maximum absolute atomic E-state index is 12.3. The van der Waals surface area contributed by atoms with Gasteiger partial charge in [-0.1, -0.05) is 51.0 Å². The van der Waals surface area contributed by atoms with E-state index >= 15 is 0 Å². The molecule has 21 heavy (non-hydrogen) atoms. The van der Waals surface area contributed by atoms with Gasteiger partial charge in [-0.15, -0.1) is 0 Å². The summed E-state index contributed by atoms with van der Waals surface area (Å²) in [6, 6.07) is 7.66. The van der Waals surface area contributed by atoms with Crippen LogP contribution in [0.2, 0.25) is 0 Å². The first kappa shape index (κ1) is 17.3. The number of amides is 1. The highest BCUT2D eigenvalue weighted by atomic mass is 16.1. The van der Waals surface area contributed by atoms with Crippen molar-refractivity contribution in [2.24, 2.45) is 5.73 Å². The van der Waals surface area contributed by atoms with Gasteiger partial charge in [0.15, 0.2) is 0 Å². The Morgan fingerprint density at radius 1 is 1.29 bits per heavy atom. The average molecular weight is 286 g/mol. The van der Waals surface area contributed by atoms with Crippen molar-refractivity contribution < 1.29 is 4.79 Å². The average Bonchev–Trinajstić information content (AvgIpc) is 2.51. The summed E-state index contributed by atoms with van der Waals surface area (Å²) in [5, 5.41) is 3.14. The van der Waals surface area contributed by atoms with Gasteiger partial charge in [0.25, 0.3) is 5.91 Å². The fourth-order valence-electron chi connectivity index (χ4n) is 2.25. The molecule has 3 N–H and O–H groups in total. The molecule has 1 aromatic carbocycles. The molecule has 1 atom stereocenters. The second-order valence-corrected chi connectivity index (χ2v) is 5.19. The van der Waals surface area contributed by atoms with E-state index in [2.05, 4.69) is 31.0 Å². The Morgan fingerprint density at radius 2 is 2.10 bits per heavy atom. The first-order valence-corrected chi connectivity index (χ1v) is 7.81. The van der Waals surface area contributed by atoms with Crippen molar-refractivity contribution in [3.05, 3.63) is 35.4 Å². The summed E-state index contributed by atoms with van der Waals surface area (Å²) in [5.41, 5.74) is 6.86. The number of rotatable bonds is 7. The Kier molecular flexibility index (Phi) is 8.23. The Morgan fingerprint density at radius 3 is 2.76 bits per heavy atom. The molecule has 0 aliphatic carbocycles. The molecule has 1 aromatic rings. The Labute approximate surface area is 128 Å². The van der Waals surface area contributed by atoms with Crippen LogP contribution < -0.4 is 11.1 Å². The number of unbranched alkanes of at least 4 members (excludes halogenated alkanes) is 1. The van der Waals surface area contributed by atoms with Gasteiger partial charge in [-0.2, -0.15) is 0 Å². The normalized spacial score (nSPS) is 11.4. The first-order chi connectivity index (χ1) is 10.2. The number of hydrogen-bond acceptors (Lipinski definition) is 2. The number of carbonyl (C=O) groups excluding carboxylic acids is 1. The van der Waals surface area contributed by atoms with Crippen molar-refractivity contribution in [2.45, 2.75) is 52.0 Å². The molecule has 3 heteroatoms. The minimum Gasteiger partial charge on any atom is -0.349 e. The van der Waals surface area contributed by atoms with Crippen LogP contribution in [0.1, 0.15) is 61.9 Å². The fourth-order valence-corrected chi connectivity index (χ4v) is 2.25. The summed E-state index contributed by atoms with van der Waals surface area (Å²) < 4.78 is 0. The lowest BCUT2D eigenvalue weighted by molar-refractivity contribution is 0.0932. The number of hydrogen-bond donors (Lipinski definition) is 2. The zero-order valence-electron chi connectivity index (χ0n) is 13.1. The van der Waals surface area contributed by atoms with Gasteiger partial charge in [0, 0.05) is 17.2 Å². The van der Waals surface area contributed by atoms with E-state index in [-0.39, 0.29) is 11.9 Å². The van der Waals surface area contributed by atoms with E-state index in [1.54, 1.807) is 0 Å². The largest absolute Gasteiger partial charge is 0.349 e.